The minimum Gasteiger partial charge on any atom is -0.412 e. The molecule has 2 heteroatoms. The van der Waals surface area contributed by atoms with E-state index in [-0.39, 0.29) is 11.0 Å². The van der Waals surface area contributed by atoms with Gasteiger partial charge in [0, 0.05) is 0 Å². The Morgan fingerprint density at radius 1 is 0.571 bits per heavy atom. The van der Waals surface area contributed by atoms with E-state index in [4.69, 9.17) is 0 Å². The zero-order chi connectivity index (χ0) is 33.1. The molecule has 7 atom stereocenters. The zero-order valence-electron chi connectivity index (χ0n) is 33.4. The van der Waals surface area contributed by atoms with Gasteiger partial charge in [0.05, 0.1) is 0 Å². The summed E-state index contributed by atoms with van der Waals surface area (Å²) >= 11 is 0. The molecule has 0 saturated heterocycles. The molecule has 42 heavy (non-hydrogen) atoms. The first-order valence-corrected chi connectivity index (χ1v) is 18.9. The highest BCUT2D eigenvalue weighted by atomic mass is 16.0. The van der Waals surface area contributed by atoms with E-state index < -0.39 is 0 Å². The average molecular weight is 603 g/mol. The Morgan fingerprint density at radius 3 is 1.40 bits per heavy atom. The number of allylic oxidation sites excluding steroid dienone is 6. The van der Waals surface area contributed by atoms with E-state index in [0.717, 1.165) is 41.4 Å². The standard InChI is InChI=1S/C22H32.9C2H6.2H2O/c1-3-4-5-6-7-10-16-13-17-14-20(17)21-15(2)18-11-8-9-12-19(18)22(16)21;9*1-2;;/h8-9,11-13,15,17-22H,3-7,10,14H2,1-2H3;9*1-2H3;2*1H2. The maximum absolute atomic E-state index is 2.73. The first-order chi connectivity index (χ1) is 19.8. The molecule has 2 fully saturated rings. The summed E-state index contributed by atoms with van der Waals surface area (Å²) in [6, 6.07) is 0. The average Bonchev–Trinajstić information content (AvgIpc) is 3.81. The summed E-state index contributed by atoms with van der Waals surface area (Å²) in [5, 5.41) is 0. The molecule has 2 saturated carbocycles. The summed E-state index contributed by atoms with van der Waals surface area (Å²) in [6.07, 6.45) is 22.4. The van der Waals surface area contributed by atoms with Gasteiger partial charge in [0.2, 0.25) is 0 Å². The quantitative estimate of drug-likeness (QED) is 0.214. The molecule has 2 nitrogen and oxygen atoms in total. The zero-order valence-corrected chi connectivity index (χ0v) is 33.4. The third kappa shape index (κ3) is 21.8. The van der Waals surface area contributed by atoms with Gasteiger partial charge in [-0.15, -0.1) is 0 Å². The molecule has 0 radical (unpaired) electrons. The molecule has 7 unspecified atom stereocenters. The molecule has 0 bridgehead atoms. The van der Waals surface area contributed by atoms with Crippen molar-refractivity contribution < 1.29 is 11.0 Å². The van der Waals surface area contributed by atoms with Crippen LogP contribution in [0.1, 0.15) is 183 Å². The van der Waals surface area contributed by atoms with Crippen LogP contribution in [-0.4, -0.2) is 11.0 Å². The van der Waals surface area contributed by atoms with Crippen molar-refractivity contribution in [3.63, 3.8) is 0 Å². The Morgan fingerprint density at radius 2 is 0.976 bits per heavy atom. The van der Waals surface area contributed by atoms with Crippen LogP contribution < -0.4 is 0 Å². The van der Waals surface area contributed by atoms with Crippen molar-refractivity contribution in [1.82, 2.24) is 0 Å². The van der Waals surface area contributed by atoms with Crippen LogP contribution in [0.4, 0.5) is 0 Å². The van der Waals surface area contributed by atoms with Gasteiger partial charge in [0.25, 0.3) is 0 Å². The van der Waals surface area contributed by atoms with Crippen LogP contribution in [0.2, 0.25) is 0 Å². The maximum Gasteiger partial charge on any atom is -0.00961 e. The van der Waals surface area contributed by atoms with E-state index in [0.29, 0.717) is 0 Å². The fraction of sp³-hybridized carbons (Fsp3) is 0.850. The molecule has 4 aliphatic rings. The fourth-order valence-corrected chi connectivity index (χ4v) is 5.96. The minimum atomic E-state index is 0. The Bertz CT molecular complexity index is 506. The maximum atomic E-state index is 2.73. The first kappa shape index (κ1) is 60.4. The van der Waals surface area contributed by atoms with Gasteiger partial charge in [-0.1, -0.05) is 200 Å². The molecule has 262 valence electrons. The van der Waals surface area contributed by atoms with Crippen LogP contribution in [0.15, 0.2) is 36.0 Å². The van der Waals surface area contributed by atoms with Gasteiger partial charge >= 0.3 is 0 Å². The second-order valence-electron chi connectivity index (χ2n) is 8.36. The van der Waals surface area contributed by atoms with Crippen LogP contribution in [-0.2, 0) is 0 Å². The van der Waals surface area contributed by atoms with E-state index in [1.54, 1.807) is 0 Å². The predicted octanol–water partition coefficient (Wildman–Crippen LogP) is 13.7. The van der Waals surface area contributed by atoms with E-state index in [9.17, 15) is 0 Å². The van der Waals surface area contributed by atoms with Gasteiger partial charge in [-0.05, 0) is 60.7 Å². The lowest BCUT2D eigenvalue weighted by molar-refractivity contribution is 0.275. The largest absolute Gasteiger partial charge is 0.412 e. The molecule has 0 spiro atoms. The van der Waals surface area contributed by atoms with Gasteiger partial charge in [-0.25, -0.2) is 0 Å². The number of hydrogen-bond acceptors (Lipinski definition) is 0. The summed E-state index contributed by atoms with van der Waals surface area (Å²) in [5.41, 5.74) is 1.86. The molecule has 0 aliphatic heterocycles. The summed E-state index contributed by atoms with van der Waals surface area (Å²) in [7, 11) is 0. The van der Waals surface area contributed by atoms with Crippen LogP contribution >= 0.6 is 0 Å². The lowest BCUT2D eigenvalue weighted by Crippen LogP contribution is -2.24. The van der Waals surface area contributed by atoms with Crippen molar-refractivity contribution in [2.45, 2.75) is 183 Å². The summed E-state index contributed by atoms with van der Waals surface area (Å²) < 4.78 is 0. The minimum absolute atomic E-state index is 0. The van der Waals surface area contributed by atoms with Crippen LogP contribution in [0, 0.1) is 41.4 Å². The van der Waals surface area contributed by atoms with Crippen molar-refractivity contribution in [3.05, 3.63) is 36.0 Å². The highest BCUT2D eigenvalue weighted by Gasteiger charge is 2.58. The van der Waals surface area contributed by atoms with E-state index in [2.05, 4.69) is 44.2 Å². The molecular formula is C40H90O2. The van der Waals surface area contributed by atoms with Gasteiger partial charge in [-0.3, -0.25) is 0 Å². The van der Waals surface area contributed by atoms with Crippen molar-refractivity contribution >= 4 is 0 Å². The molecule has 4 rings (SSSR count). The summed E-state index contributed by atoms with van der Waals surface area (Å²) in [4.78, 5) is 0. The van der Waals surface area contributed by atoms with Crippen molar-refractivity contribution in [2.24, 2.45) is 41.4 Å². The highest BCUT2D eigenvalue weighted by Crippen LogP contribution is 2.65. The molecule has 0 aromatic heterocycles. The number of hydrogen-bond donors (Lipinski definition) is 0. The Kier molecular flexibility index (Phi) is 71.6. The number of fused-ring (bicyclic) bond motifs is 5. The lowest BCUT2D eigenvalue weighted by Gasteiger charge is -2.31. The smallest absolute Gasteiger partial charge is 0.00961 e. The van der Waals surface area contributed by atoms with Gasteiger partial charge < -0.3 is 11.0 Å². The van der Waals surface area contributed by atoms with Crippen LogP contribution in [0.3, 0.4) is 0 Å². The molecule has 4 N–H and O–H groups in total. The predicted molar refractivity (Wildman–Crippen MR) is 204 cm³/mol. The molecule has 4 aliphatic carbocycles. The van der Waals surface area contributed by atoms with E-state index in [1.165, 1.54) is 44.9 Å². The third-order valence-corrected chi connectivity index (χ3v) is 7.08. The van der Waals surface area contributed by atoms with E-state index in [1.807, 2.05) is 130 Å². The molecule has 0 aromatic carbocycles. The van der Waals surface area contributed by atoms with Crippen LogP contribution in [0.5, 0.6) is 0 Å². The first-order valence-electron chi connectivity index (χ1n) is 18.9. The molecular weight excluding hydrogens is 512 g/mol. The van der Waals surface area contributed by atoms with Crippen molar-refractivity contribution in [2.75, 3.05) is 0 Å². The summed E-state index contributed by atoms with van der Waals surface area (Å²) in [5.74, 6) is 6.41. The van der Waals surface area contributed by atoms with Gasteiger partial charge in [-0.2, -0.15) is 0 Å². The van der Waals surface area contributed by atoms with Crippen LogP contribution in [0.25, 0.3) is 0 Å². The SMILES string of the molecule is CC.CC.CC.CC.CC.CC.CC.CC.CC.CCCCCCCC1=CC2CC2C2C(C)C3C=CC=CC3C12.O.O. The Balaban J connectivity index is -0.0000000836. The Hall–Kier alpha value is -0.860. The second-order valence-corrected chi connectivity index (χ2v) is 8.36. The van der Waals surface area contributed by atoms with Gasteiger partial charge in [0.1, 0.15) is 0 Å². The Labute approximate surface area is 271 Å². The monoisotopic (exact) mass is 603 g/mol. The number of rotatable bonds is 6. The van der Waals surface area contributed by atoms with Crippen molar-refractivity contribution in [1.29, 1.82) is 0 Å². The third-order valence-electron chi connectivity index (χ3n) is 7.08. The topological polar surface area (TPSA) is 63.0 Å². The lowest BCUT2D eigenvalue weighted by atomic mass is 9.73. The van der Waals surface area contributed by atoms with E-state index >= 15 is 0 Å². The fourth-order valence-electron chi connectivity index (χ4n) is 5.96. The molecule has 0 heterocycles. The molecule has 0 amide bonds. The molecule has 0 aromatic rings. The second kappa shape index (κ2) is 49.8. The number of unbranched alkanes of at least 4 members (excludes halogenated alkanes) is 4. The highest BCUT2D eigenvalue weighted by molar-refractivity contribution is 5.32. The summed E-state index contributed by atoms with van der Waals surface area (Å²) in [6.45, 7) is 40.9. The van der Waals surface area contributed by atoms with Gasteiger partial charge in [0.15, 0.2) is 0 Å². The normalized spacial score (nSPS) is 24.5. The van der Waals surface area contributed by atoms with Crippen molar-refractivity contribution in [3.8, 4) is 0 Å².